The fraction of sp³-hybridized carbons (Fsp3) is 0.429. The van der Waals surface area contributed by atoms with Gasteiger partial charge in [0.1, 0.15) is 0 Å². The van der Waals surface area contributed by atoms with Gasteiger partial charge in [0, 0.05) is 49.5 Å². The molecule has 10 nitrogen and oxygen atoms in total. The molecule has 1 amide bonds. The molecule has 1 aromatic carbocycles. The zero-order chi connectivity index (χ0) is 26.1. The predicted molar refractivity (Wildman–Crippen MR) is 147 cm³/mol. The standard InChI is InChI=1S/C28H34N8O2/c1-2-21-8-3-4-11-35(21)19-26(37)34-14-12-33(13-15-34)22-9-5-7-20(17-22)23-18-25-31-27(24-10-6-16-38-24)32-36(25)28(29)30-23/h5-7,9-10,16-18,21H,2-4,8,11-15,19H2,1H3,(H2,29,30). The first kappa shape index (κ1) is 24.4. The van der Waals surface area contributed by atoms with E-state index in [1.807, 2.05) is 29.2 Å². The van der Waals surface area contributed by atoms with Gasteiger partial charge in [0.25, 0.3) is 0 Å². The fourth-order valence-electron chi connectivity index (χ4n) is 5.65. The molecule has 2 saturated heterocycles. The maximum atomic E-state index is 13.1. The van der Waals surface area contributed by atoms with E-state index in [0.29, 0.717) is 29.8 Å². The number of piperidine rings is 1. The number of carbonyl (C=O) groups excluding carboxylic acids is 1. The number of piperazine rings is 1. The second-order valence-electron chi connectivity index (χ2n) is 10.1. The van der Waals surface area contributed by atoms with E-state index >= 15 is 0 Å². The SMILES string of the molecule is CCC1CCCCN1CC(=O)N1CCN(c2cccc(-c3cc4nc(-c5ccco5)nn4c(N)n3)c2)CC1. The van der Waals surface area contributed by atoms with Crippen LogP contribution in [-0.4, -0.2) is 80.6 Å². The Labute approximate surface area is 222 Å². The third-order valence-corrected chi connectivity index (χ3v) is 7.79. The molecule has 5 heterocycles. The second kappa shape index (κ2) is 10.4. The minimum Gasteiger partial charge on any atom is -0.461 e. The number of fused-ring (bicyclic) bond motifs is 1. The van der Waals surface area contributed by atoms with Crippen LogP contribution in [-0.2, 0) is 4.79 Å². The highest BCUT2D eigenvalue weighted by Crippen LogP contribution is 2.27. The molecular formula is C28H34N8O2. The van der Waals surface area contributed by atoms with E-state index in [2.05, 4.69) is 43.9 Å². The van der Waals surface area contributed by atoms with Crippen molar-refractivity contribution in [1.29, 1.82) is 0 Å². The molecule has 0 aliphatic carbocycles. The lowest BCUT2D eigenvalue weighted by Crippen LogP contribution is -2.53. The summed E-state index contributed by atoms with van der Waals surface area (Å²) in [6.07, 6.45) is 6.40. The molecule has 0 radical (unpaired) electrons. The first-order chi connectivity index (χ1) is 18.6. The number of benzene rings is 1. The summed E-state index contributed by atoms with van der Waals surface area (Å²) in [5.41, 5.74) is 9.64. The summed E-state index contributed by atoms with van der Waals surface area (Å²) >= 11 is 0. The summed E-state index contributed by atoms with van der Waals surface area (Å²) in [6, 6.07) is 14.3. The van der Waals surface area contributed by atoms with Crippen molar-refractivity contribution in [2.24, 2.45) is 0 Å². The van der Waals surface area contributed by atoms with Crippen LogP contribution in [0.15, 0.2) is 53.1 Å². The number of hydrogen-bond acceptors (Lipinski definition) is 8. The molecule has 4 aromatic rings. The van der Waals surface area contributed by atoms with E-state index in [4.69, 9.17) is 10.2 Å². The van der Waals surface area contributed by atoms with Crippen LogP contribution in [0.4, 0.5) is 11.6 Å². The van der Waals surface area contributed by atoms with Crippen LogP contribution in [0.25, 0.3) is 28.5 Å². The van der Waals surface area contributed by atoms with Gasteiger partial charge in [0.15, 0.2) is 11.4 Å². The molecule has 0 spiro atoms. The molecule has 2 aliphatic rings. The Morgan fingerprint density at radius 1 is 1.05 bits per heavy atom. The lowest BCUT2D eigenvalue weighted by Gasteiger charge is -2.39. The van der Waals surface area contributed by atoms with Crippen molar-refractivity contribution in [2.75, 3.05) is 49.9 Å². The van der Waals surface area contributed by atoms with Crippen LogP contribution in [0.5, 0.6) is 0 Å². The zero-order valence-electron chi connectivity index (χ0n) is 21.8. The van der Waals surface area contributed by atoms with Gasteiger partial charge in [-0.05, 0) is 50.1 Å². The highest BCUT2D eigenvalue weighted by molar-refractivity contribution is 5.79. The Bertz CT molecular complexity index is 1410. The Hall–Kier alpha value is -3.92. The van der Waals surface area contributed by atoms with Gasteiger partial charge in [-0.25, -0.2) is 9.97 Å². The van der Waals surface area contributed by atoms with Gasteiger partial charge in [0.2, 0.25) is 17.7 Å². The number of anilines is 2. The maximum absolute atomic E-state index is 13.1. The molecule has 10 heteroatoms. The maximum Gasteiger partial charge on any atom is 0.236 e. The summed E-state index contributed by atoms with van der Waals surface area (Å²) in [5.74, 6) is 1.57. The quantitative estimate of drug-likeness (QED) is 0.416. The van der Waals surface area contributed by atoms with Crippen molar-refractivity contribution < 1.29 is 9.21 Å². The Kier molecular flexibility index (Phi) is 6.71. The van der Waals surface area contributed by atoms with Crippen LogP contribution < -0.4 is 10.6 Å². The topological polar surface area (TPSA) is 109 Å². The Morgan fingerprint density at radius 2 is 1.92 bits per heavy atom. The van der Waals surface area contributed by atoms with Crippen LogP contribution in [0.3, 0.4) is 0 Å². The van der Waals surface area contributed by atoms with E-state index in [1.165, 1.54) is 23.8 Å². The first-order valence-electron chi connectivity index (χ1n) is 13.5. The number of nitrogen functional groups attached to an aromatic ring is 1. The number of carbonyl (C=O) groups is 1. The van der Waals surface area contributed by atoms with Gasteiger partial charge in [-0.3, -0.25) is 9.69 Å². The van der Waals surface area contributed by atoms with Crippen LogP contribution in [0, 0.1) is 0 Å². The number of rotatable bonds is 6. The van der Waals surface area contributed by atoms with Crippen LogP contribution >= 0.6 is 0 Å². The van der Waals surface area contributed by atoms with E-state index in [-0.39, 0.29) is 11.9 Å². The lowest BCUT2D eigenvalue weighted by molar-refractivity contribution is -0.133. The third-order valence-electron chi connectivity index (χ3n) is 7.79. The summed E-state index contributed by atoms with van der Waals surface area (Å²) < 4.78 is 6.95. The summed E-state index contributed by atoms with van der Waals surface area (Å²) in [7, 11) is 0. The first-order valence-corrected chi connectivity index (χ1v) is 13.5. The number of nitrogens with two attached hydrogens (primary N) is 1. The van der Waals surface area contributed by atoms with Gasteiger partial charge in [-0.15, -0.1) is 5.10 Å². The molecular weight excluding hydrogens is 480 g/mol. The number of aromatic nitrogens is 4. The smallest absolute Gasteiger partial charge is 0.236 e. The molecule has 2 fully saturated rings. The summed E-state index contributed by atoms with van der Waals surface area (Å²) in [6.45, 7) is 6.90. The molecule has 1 atom stereocenters. The molecule has 3 aromatic heterocycles. The van der Waals surface area contributed by atoms with Crippen molar-refractivity contribution in [2.45, 2.75) is 38.6 Å². The normalized spacial score (nSPS) is 18.8. The second-order valence-corrected chi connectivity index (χ2v) is 10.1. The minimum absolute atomic E-state index is 0.258. The molecule has 1 unspecified atom stereocenters. The largest absolute Gasteiger partial charge is 0.461 e. The molecule has 0 saturated carbocycles. The number of hydrogen-bond donors (Lipinski definition) is 1. The Balaban J connectivity index is 1.14. The molecule has 0 bridgehead atoms. The predicted octanol–water partition coefficient (Wildman–Crippen LogP) is 3.55. The van der Waals surface area contributed by atoms with Crippen molar-refractivity contribution in [3.63, 3.8) is 0 Å². The van der Waals surface area contributed by atoms with E-state index in [9.17, 15) is 4.79 Å². The van der Waals surface area contributed by atoms with Gasteiger partial charge >= 0.3 is 0 Å². The van der Waals surface area contributed by atoms with E-state index in [0.717, 1.165) is 56.1 Å². The average molecular weight is 515 g/mol. The molecule has 198 valence electrons. The van der Waals surface area contributed by atoms with Crippen LogP contribution in [0.2, 0.25) is 0 Å². The average Bonchev–Trinajstić information content (AvgIpc) is 3.64. The van der Waals surface area contributed by atoms with Gasteiger partial charge in [-0.1, -0.05) is 25.5 Å². The highest BCUT2D eigenvalue weighted by atomic mass is 16.3. The molecule has 2 N–H and O–H groups in total. The van der Waals surface area contributed by atoms with Gasteiger partial charge < -0.3 is 20.0 Å². The van der Waals surface area contributed by atoms with E-state index in [1.54, 1.807) is 12.3 Å². The number of furan rings is 1. The van der Waals surface area contributed by atoms with Crippen molar-refractivity contribution >= 4 is 23.2 Å². The van der Waals surface area contributed by atoms with Crippen molar-refractivity contribution in [3.05, 3.63) is 48.7 Å². The highest BCUT2D eigenvalue weighted by Gasteiger charge is 2.27. The third kappa shape index (κ3) is 4.83. The van der Waals surface area contributed by atoms with Gasteiger partial charge in [0.05, 0.1) is 18.5 Å². The molecule has 2 aliphatic heterocycles. The Morgan fingerprint density at radius 3 is 2.71 bits per heavy atom. The monoisotopic (exact) mass is 514 g/mol. The summed E-state index contributed by atoms with van der Waals surface area (Å²) in [4.78, 5) is 29.0. The summed E-state index contributed by atoms with van der Waals surface area (Å²) in [5, 5.41) is 4.43. The van der Waals surface area contributed by atoms with E-state index < -0.39 is 0 Å². The minimum atomic E-state index is 0.258. The fourth-order valence-corrected chi connectivity index (χ4v) is 5.65. The van der Waals surface area contributed by atoms with Crippen molar-refractivity contribution in [3.8, 4) is 22.8 Å². The number of likely N-dealkylation sites (tertiary alicyclic amines) is 1. The van der Waals surface area contributed by atoms with Crippen molar-refractivity contribution in [1.82, 2.24) is 29.4 Å². The number of amides is 1. The molecule has 38 heavy (non-hydrogen) atoms. The molecule has 6 rings (SSSR count). The van der Waals surface area contributed by atoms with Gasteiger partial charge in [-0.2, -0.15) is 4.52 Å². The lowest BCUT2D eigenvalue weighted by atomic mass is 10.00. The number of nitrogens with zero attached hydrogens (tertiary/aromatic N) is 7. The zero-order valence-corrected chi connectivity index (χ0v) is 21.8. The van der Waals surface area contributed by atoms with Crippen LogP contribution in [0.1, 0.15) is 32.6 Å².